The monoisotopic (exact) mass is 247 g/mol. The quantitative estimate of drug-likeness (QED) is 0.825. The summed E-state index contributed by atoms with van der Waals surface area (Å²) in [4.78, 5) is 10.9. The van der Waals surface area contributed by atoms with Gasteiger partial charge in [0.2, 0.25) is 0 Å². The zero-order valence-electron chi connectivity index (χ0n) is 9.12. The highest BCUT2D eigenvalue weighted by Crippen LogP contribution is 2.32. The van der Waals surface area contributed by atoms with Gasteiger partial charge in [-0.05, 0) is 12.1 Å². The van der Waals surface area contributed by atoms with Crippen LogP contribution in [0.5, 0.6) is 0 Å². The van der Waals surface area contributed by atoms with E-state index in [-0.39, 0.29) is 0 Å². The fraction of sp³-hybridized carbons (Fsp3) is 0.364. The van der Waals surface area contributed by atoms with E-state index in [0.717, 1.165) is 31.4 Å². The molecule has 1 aromatic rings. The summed E-state index contributed by atoms with van der Waals surface area (Å²) in [5.74, 6) is -4.82. The highest BCUT2D eigenvalue weighted by Gasteiger charge is 2.36. The third-order valence-electron chi connectivity index (χ3n) is 2.25. The summed E-state index contributed by atoms with van der Waals surface area (Å²) >= 11 is 0. The molecule has 0 fully saturated rings. The first-order chi connectivity index (χ1) is 7.86. The molecule has 0 aliphatic heterocycles. The minimum Gasteiger partial charge on any atom is -0.468 e. The van der Waals surface area contributed by atoms with Crippen LogP contribution < -0.4 is 5.73 Å². The number of nitrogens with two attached hydrogens (primary N) is 1. The first-order valence-electron chi connectivity index (χ1n) is 4.84. The van der Waals surface area contributed by atoms with Crippen LogP contribution in [0.3, 0.4) is 0 Å². The lowest BCUT2D eigenvalue weighted by Gasteiger charge is -2.19. The zero-order chi connectivity index (χ0) is 13.1. The van der Waals surface area contributed by atoms with Crippen LogP contribution in [0.25, 0.3) is 0 Å². The fourth-order valence-corrected chi connectivity index (χ4v) is 1.32. The average Bonchev–Trinajstić information content (AvgIpc) is 2.27. The van der Waals surface area contributed by atoms with Gasteiger partial charge in [0, 0.05) is 12.0 Å². The van der Waals surface area contributed by atoms with Crippen LogP contribution in [0.2, 0.25) is 0 Å². The van der Waals surface area contributed by atoms with Gasteiger partial charge in [-0.3, -0.25) is 4.79 Å². The Bertz CT molecular complexity index is 392. The Morgan fingerprint density at radius 1 is 1.41 bits per heavy atom. The number of hydrogen-bond acceptors (Lipinski definition) is 3. The molecule has 0 aromatic heterocycles. The third-order valence-corrected chi connectivity index (χ3v) is 2.25. The lowest BCUT2D eigenvalue weighted by Crippen LogP contribution is -2.36. The van der Waals surface area contributed by atoms with E-state index in [9.17, 15) is 18.0 Å². The number of ether oxygens (including phenoxy) is 1. The molecule has 1 rings (SSSR count). The van der Waals surface area contributed by atoms with E-state index in [4.69, 9.17) is 5.73 Å². The lowest BCUT2D eigenvalue weighted by molar-refractivity contribution is -0.145. The number of hydrogen-bond donors (Lipinski definition) is 1. The van der Waals surface area contributed by atoms with Crippen molar-refractivity contribution in [3.8, 4) is 0 Å². The summed E-state index contributed by atoms with van der Waals surface area (Å²) in [6.45, 7) is 0. The number of carbonyl (C=O) groups excluding carboxylic acids is 1. The van der Waals surface area contributed by atoms with E-state index in [2.05, 4.69) is 4.74 Å². The van der Waals surface area contributed by atoms with Gasteiger partial charge in [0.25, 0.3) is 5.92 Å². The standard InChI is InChI=1S/C11H12F3NO2/c1-17-10(16)9(15)6-11(13,14)7-2-4-8(12)5-3-7/h2-5,9H,6,15H2,1H3. The van der Waals surface area contributed by atoms with Crippen LogP contribution in [0, 0.1) is 5.82 Å². The summed E-state index contributed by atoms with van der Waals surface area (Å²) in [6, 6.07) is 2.35. The van der Waals surface area contributed by atoms with Crippen molar-refractivity contribution in [1.82, 2.24) is 0 Å². The van der Waals surface area contributed by atoms with Crippen molar-refractivity contribution in [1.29, 1.82) is 0 Å². The van der Waals surface area contributed by atoms with E-state index >= 15 is 0 Å². The lowest BCUT2D eigenvalue weighted by atomic mass is 10.0. The zero-order valence-corrected chi connectivity index (χ0v) is 9.12. The molecule has 1 atom stereocenters. The predicted octanol–water partition coefficient (Wildman–Crippen LogP) is 1.81. The number of esters is 1. The van der Waals surface area contributed by atoms with Crippen molar-refractivity contribution in [2.24, 2.45) is 5.73 Å². The van der Waals surface area contributed by atoms with Crippen molar-refractivity contribution in [2.75, 3.05) is 7.11 Å². The molecule has 3 nitrogen and oxygen atoms in total. The highest BCUT2D eigenvalue weighted by atomic mass is 19.3. The van der Waals surface area contributed by atoms with Crippen molar-refractivity contribution in [3.63, 3.8) is 0 Å². The second kappa shape index (κ2) is 5.18. The molecule has 6 heteroatoms. The Kier molecular flexibility index (Phi) is 4.11. The van der Waals surface area contributed by atoms with Crippen LogP contribution in [-0.2, 0) is 15.5 Å². The molecule has 2 N–H and O–H groups in total. The van der Waals surface area contributed by atoms with Gasteiger partial charge in [0.1, 0.15) is 11.9 Å². The summed E-state index contributed by atoms with van der Waals surface area (Å²) in [6.07, 6.45) is -0.884. The summed E-state index contributed by atoms with van der Waals surface area (Å²) in [7, 11) is 1.07. The van der Waals surface area contributed by atoms with Gasteiger partial charge >= 0.3 is 5.97 Å². The second-order valence-electron chi connectivity index (χ2n) is 3.55. The van der Waals surface area contributed by atoms with Gasteiger partial charge in [-0.1, -0.05) is 12.1 Å². The van der Waals surface area contributed by atoms with E-state index in [0.29, 0.717) is 0 Å². The minimum atomic E-state index is -3.30. The van der Waals surface area contributed by atoms with Gasteiger partial charge in [-0.15, -0.1) is 0 Å². The predicted molar refractivity (Wildman–Crippen MR) is 54.9 cm³/mol. The first kappa shape index (κ1) is 13.5. The Morgan fingerprint density at radius 3 is 2.41 bits per heavy atom. The van der Waals surface area contributed by atoms with Gasteiger partial charge in [0.05, 0.1) is 7.11 Å². The van der Waals surface area contributed by atoms with Crippen molar-refractivity contribution < 1.29 is 22.7 Å². The SMILES string of the molecule is COC(=O)C(N)CC(F)(F)c1ccc(F)cc1. The third kappa shape index (κ3) is 3.45. The maximum atomic E-state index is 13.6. The number of methoxy groups -OCH3 is 1. The van der Waals surface area contributed by atoms with E-state index in [1.54, 1.807) is 0 Å². The van der Waals surface area contributed by atoms with Gasteiger partial charge in [0.15, 0.2) is 0 Å². The number of halogens is 3. The van der Waals surface area contributed by atoms with Crippen LogP contribution >= 0.6 is 0 Å². The second-order valence-corrected chi connectivity index (χ2v) is 3.55. The van der Waals surface area contributed by atoms with Crippen molar-refractivity contribution >= 4 is 5.97 Å². The molecule has 0 bridgehead atoms. The average molecular weight is 247 g/mol. The van der Waals surface area contributed by atoms with E-state index < -0.39 is 35.7 Å². The molecule has 0 heterocycles. The molecule has 0 saturated heterocycles. The first-order valence-corrected chi connectivity index (χ1v) is 4.84. The topological polar surface area (TPSA) is 52.3 Å². The molecule has 0 amide bonds. The molecular formula is C11H12F3NO2. The molecule has 0 spiro atoms. The number of benzene rings is 1. The molecule has 17 heavy (non-hydrogen) atoms. The maximum absolute atomic E-state index is 13.6. The largest absolute Gasteiger partial charge is 0.468 e. The molecule has 94 valence electrons. The summed E-state index contributed by atoms with van der Waals surface area (Å²) in [5, 5.41) is 0. The smallest absolute Gasteiger partial charge is 0.322 e. The molecule has 0 aliphatic rings. The minimum absolute atomic E-state index is 0.391. The molecule has 0 aliphatic carbocycles. The van der Waals surface area contributed by atoms with Gasteiger partial charge < -0.3 is 10.5 Å². The van der Waals surface area contributed by atoms with Crippen LogP contribution in [0.4, 0.5) is 13.2 Å². The van der Waals surface area contributed by atoms with Gasteiger partial charge in [-0.2, -0.15) is 0 Å². The highest BCUT2D eigenvalue weighted by molar-refractivity contribution is 5.75. The van der Waals surface area contributed by atoms with E-state index in [1.807, 2.05) is 0 Å². The Labute approximate surface area is 96.4 Å². The number of alkyl halides is 2. The summed E-state index contributed by atoms with van der Waals surface area (Å²) < 4.78 is 44.1. The van der Waals surface area contributed by atoms with Crippen LogP contribution in [0.15, 0.2) is 24.3 Å². The van der Waals surface area contributed by atoms with Crippen LogP contribution in [0.1, 0.15) is 12.0 Å². The normalized spacial score (nSPS) is 13.2. The van der Waals surface area contributed by atoms with Crippen LogP contribution in [-0.4, -0.2) is 19.1 Å². The van der Waals surface area contributed by atoms with Gasteiger partial charge in [-0.25, -0.2) is 13.2 Å². The number of carbonyl (C=O) groups is 1. The van der Waals surface area contributed by atoms with Crippen molar-refractivity contribution in [2.45, 2.75) is 18.4 Å². The molecule has 0 radical (unpaired) electrons. The number of rotatable bonds is 4. The molecule has 1 unspecified atom stereocenters. The Balaban J connectivity index is 2.81. The Morgan fingerprint density at radius 2 is 1.94 bits per heavy atom. The summed E-state index contributed by atoms with van der Waals surface area (Å²) in [5.41, 5.74) is 4.86. The fourth-order valence-electron chi connectivity index (χ4n) is 1.32. The molecule has 0 saturated carbocycles. The maximum Gasteiger partial charge on any atom is 0.322 e. The Hall–Kier alpha value is -1.56. The molecule has 1 aromatic carbocycles. The molecular weight excluding hydrogens is 235 g/mol. The van der Waals surface area contributed by atoms with E-state index in [1.165, 1.54) is 0 Å². The van der Waals surface area contributed by atoms with Crippen molar-refractivity contribution in [3.05, 3.63) is 35.6 Å².